The fourth-order valence-electron chi connectivity index (χ4n) is 4.53. The van der Waals surface area contributed by atoms with Gasteiger partial charge in [-0.3, -0.25) is 0 Å². The highest BCUT2D eigenvalue weighted by molar-refractivity contribution is 5.32. The van der Waals surface area contributed by atoms with Crippen LogP contribution < -0.4 is 4.74 Å². The van der Waals surface area contributed by atoms with Crippen molar-refractivity contribution < 1.29 is 31.1 Å². The number of aryl methyl sites for hydroxylation is 1. The van der Waals surface area contributed by atoms with Crippen molar-refractivity contribution in [2.75, 3.05) is 0 Å². The summed E-state index contributed by atoms with van der Waals surface area (Å²) >= 11 is 0. The van der Waals surface area contributed by atoms with Crippen LogP contribution in [0.1, 0.15) is 75.0 Å². The Morgan fingerprint density at radius 1 is 0.848 bits per heavy atom. The fraction of sp³-hybridized carbons (Fsp3) is 0.538. The van der Waals surface area contributed by atoms with E-state index in [-0.39, 0.29) is 0 Å². The molecule has 7 heteroatoms. The SMILES string of the molecule is CCCC[C@H]1CC[C@H](CCc2ccc(C(F)(F)Oc3ccc(C(F)(F)F)c(F)c3)cc2)CC1. The quantitative estimate of drug-likeness (QED) is 0.331. The molecule has 0 aromatic heterocycles. The van der Waals surface area contributed by atoms with Gasteiger partial charge in [-0.1, -0.05) is 64.0 Å². The molecule has 0 saturated heterocycles. The van der Waals surface area contributed by atoms with Gasteiger partial charge >= 0.3 is 12.3 Å². The summed E-state index contributed by atoms with van der Waals surface area (Å²) in [5, 5.41) is 0. The third-order valence-electron chi connectivity index (χ3n) is 6.56. The Labute approximate surface area is 191 Å². The first-order valence-electron chi connectivity index (χ1n) is 11.6. The number of halogens is 6. The van der Waals surface area contributed by atoms with Crippen LogP contribution in [-0.2, 0) is 18.7 Å². The summed E-state index contributed by atoms with van der Waals surface area (Å²) < 4.78 is 85.0. The van der Waals surface area contributed by atoms with Crippen LogP contribution >= 0.6 is 0 Å². The zero-order valence-corrected chi connectivity index (χ0v) is 18.7. The van der Waals surface area contributed by atoms with E-state index in [1.54, 1.807) is 12.1 Å². The van der Waals surface area contributed by atoms with Crippen LogP contribution in [0.2, 0.25) is 0 Å². The summed E-state index contributed by atoms with van der Waals surface area (Å²) in [7, 11) is 0. The van der Waals surface area contributed by atoms with Crippen molar-refractivity contribution in [3.8, 4) is 5.75 Å². The van der Waals surface area contributed by atoms with E-state index in [1.165, 1.54) is 57.1 Å². The predicted molar refractivity (Wildman–Crippen MR) is 116 cm³/mol. The third-order valence-corrected chi connectivity index (χ3v) is 6.56. The lowest BCUT2D eigenvalue weighted by molar-refractivity contribution is -0.185. The Balaban J connectivity index is 1.53. The molecule has 1 fully saturated rings. The molecule has 33 heavy (non-hydrogen) atoms. The van der Waals surface area contributed by atoms with E-state index in [4.69, 9.17) is 0 Å². The summed E-state index contributed by atoms with van der Waals surface area (Å²) in [4.78, 5) is 0. The standard InChI is InChI=1S/C26H30F6O/c1-2-3-4-18-5-7-19(8-6-18)9-10-20-11-13-21(14-12-20)26(31,32)33-22-15-16-23(24(27)17-22)25(28,29)30/h11-19H,2-10H2,1H3/t18-,19-. The summed E-state index contributed by atoms with van der Waals surface area (Å²) in [6.45, 7) is 2.22. The summed E-state index contributed by atoms with van der Waals surface area (Å²) in [6, 6.07) is 7.13. The monoisotopic (exact) mass is 472 g/mol. The number of benzene rings is 2. The molecule has 182 valence electrons. The number of unbranched alkanes of at least 4 members (excludes halogenated alkanes) is 1. The Kier molecular flexibility index (Phi) is 8.35. The van der Waals surface area contributed by atoms with E-state index in [2.05, 4.69) is 11.7 Å². The largest absolute Gasteiger partial charge is 0.429 e. The molecule has 0 amide bonds. The van der Waals surface area contributed by atoms with Crippen LogP contribution in [-0.4, -0.2) is 0 Å². The Hall–Kier alpha value is -2.18. The van der Waals surface area contributed by atoms with Crippen LogP contribution in [0.4, 0.5) is 26.3 Å². The molecule has 1 saturated carbocycles. The van der Waals surface area contributed by atoms with Crippen molar-refractivity contribution in [1.82, 2.24) is 0 Å². The van der Waals surface area contributed by atoms with Crippen molar-refractivity contribution in [3.63, 3.8) is 0 Å². The molecule has 0 N–H and O–H groups in total. The number of hydrogen-bond acceptors (Lipinski definition) is 1. The second-order valence-corrected chi connectivity index (χ2v) is 9.02. The molecular weight excluding hydrogens is 442 g/mol. The zero-order chi connectivity index (χ0) is 24.1. The minimum Gasteiger partial charge on any atom is -0.429 e. The van der Waals surface area contributed by atoms with Crippen molar-refractivity contribution in [2.24, 2.45) is 11.8 Å². The minimum absolute atomic E-state index is 0.322. The lowest BCUT2D eigenvalue weighted by Gasteiger charge is -2.28. The second-order valence-electron chi connectivity index (χ2n) is 9.02. The van der Waals surface area contributed by atoms with E-state index in [0.29, 0.717) is 24.1 Å². The van der Waals surface area contributed by atoms with Crippen LogP contribution in [0.25, 0.3) is 0 Å². The molecule has 1 aliphatic carbocycles. The Bertz CT molecular complexity index is 883. The minimum atomic E-state index is -4.91. The van der Waals surface area contributed by atoms with Crippen LogP contribution in [0.15, 0.2) is 42.5 Å². The molecule has 0 heterocycles. The van der Waals surface area contributed by atoms with Gasteiger partial charge in [0.2, 0.25) is 0 Å². The fourth-order valence-corrected chi connectivity index (χ4v) is 4.53. The van der Waals surface area contributed by atoms with Gasteiger partial charge in [0.1, 0.15) is 11.6 Å². The van der Waals surface area contributed by atoms with E-state index in [1.807, 2.05) is 0 Å². The molecule has 3 rings (SSSR count). The van der Waals surface area contributed by atoms with E-state index < -0.39 is 35.0 Å². The maximum atomic E-state index is 14.5. The average Bonchev–Trinajstić information content (AvgIpc) is 2.76. The first kappa shape index (κ1) is 25.4. The number of ether oxygens (including phenoxy) is 1. The van der Waals surface area contributed by atoms with Gasteiger partial charge in [0.05, 0.1) is 11.1 Å². The smallest absolute Gasteiger partial charge is 0.426 e. The first-order valence-corrected chi connectivity index (χ1v) is 11.6. The van der Waals surface area contributed by atoms with Crippen LogP contribution in [0.5, 0.6) is 5.75 Å². The van der Waals surface area contributed by atoms with Gasteiger partial charge < -0.3 is 4.74 Å². The third kappa shape index (κ3) is 7.15. The molecule has 0 radical (unpaired) electrons. The summed E-state index contributed by atoms with van der Waals surface area (Å²) in [6.07, 6.45) is 1.97. The molecule has 1 nitrogen and oxygen atoms in total. The molecule has 1 aliphatic rings. The van der Waals surface area contributed by atoms with Crippen LogP contribution in [0.3, 0.4) is 0 Å². The first-order chi connectivity index (χ1) is 15.6. The second kappa shape index (κ2) is 10.8. The van der Waals surface area contributed by atoms with Gasteiger partial charge in [-0.05, 0) is 54.5 Å². The topological polar surface area (TPSA) is 9.23 Å². The highest BCUT2D eigenvalue weighted by Crippen LogP contribution is 2.37. The lowest BCUT2D eigenvalue weighted by atomic mass is 9.78. The molecular formula is C26H30F6O. The number of hydrogen-bond donors (Lipinski definition) is 0. The molecule has 0 spiro atoms. The summed E-state index contributed by atoms with van der Waals surface area (Å²) in [5.41, 5.74) is -1.02. The highest BCUT2D eigenvalue weighted by Gasteiger charge is 2.37. The van der Waals surface area contributed by atoms with Crippen LogP contribution in [0, 0.1) is 17.7 Å². The van der Waals surface area contributed by atoms with Gasteiger partial charge in [-0.2, -0.15) is 22.0 Å². The Morgan fingerprint density at radius 3 is 2.00 bits per heavy atom. The highest BCUT2D eigenvalue weighted by atomic mass is 19.4. The average molecular weight is 473 g/mol. The van der Waals surface area contributed by atoms with Crippen molar-refractivity contribution >= 4 is 0 Å². The molecule has 0 atom stereocenters. The van der Waals surface area contributed by atoms with E-state index in [0.717, 1.165) is 24.3 Å². The number of rotatable bonds is 9. The van der Waals surface area contributed by atoms with Gasteiger partial charge in [0.15, 0.2) is 0 Å². The van der Waals surface area contributed by atoms with Crippen molar-refractivity contribution in [2.45, 2.75) is 77.0 Å². The van der Waals surface area contributed by atoms with Crippen molar-refractivity contribution in [3.05, 3.63) is 65.0 Å². The predicted octanol–water partition coefficient (Wildman–Crippen LogP) is 8.90. The maximum absolute atomic E-state index is 14.5. The number of alkyl halides is 5. The normalized spacial score (nSPS) is 19.5. The van der Waals surface area contributed by atoms with Gasteiger partial charge in [-0.25, -0.2) is 4.39 Å². The maximum Gasteiger partial charge on any atom is 0.426 e. The molecule has 0 unspecified atom stereocenters. The van der Waals surface area contributed by atoms with Crippen molar-refractivity contribution in [1.29, 1.82) is 0 Å². The summed E-state index contributed by atoms with van der Waals surface area (Å²) in [5.74, 6) is -0.822. The molecule has 2 aromatic rings. The zero-order valence-electron chi connectivity index (χ0n) is 18.7. The van der Waals surface area contributed by atoms with Gasteiger partial charge in [0.25, 0.3) is 0 Å². The van der Waals surface area contributed by atoms with Gasteiger partial charge in [-0.15, -0.1) is 0 Å². The molecule has 0 bridgehead atoms. The van der Waals surface area contributed by atoms with E-state index in [9.17, 15) is 26.3 Å². The Morgan fingerprint density at radius 2 is 1.45 bits per heavy atom. The van der Waals surface area contributed by atoms with Gasteiger partial charge in [0, 0.05) is 6.07 Å². The molecule has 0 aliphatic heterocycles. The molecule has 2 aromatic carbocycles. The van der Waals surface area contributed by atoms with E-state index >= 15 is 0 Å². The lowest BCUT2D eigenvalue weighted by Crippen LogP contribution is -2.22.